The molecule has 0 saturated heterocycles. The molecule has 1 saturated carbocycles. The lowest BCUT2D eigenvalue weighted by Gasteiger charge is -2.22. The largest absolute Gasteiger partial charge is 0.396 e. The Bertz CT molecular complexity index is 149. The first-order chi connectivity index (χ1) is 7.34. The summed E-state index contributed by atoms with van der Waals surface area (Å²) in [6.45, 7) is 0.279. The van der Waals surface area contributed by atoms with E-state index in [0.717, 1.165) is 12.8 Å². The van der Waals surface area contributed by atoms with Gasteiger partial charge in [-0.05, 0) is 18.8 Å². The first-order valence-corrected chi connectivity index (χ1v) is 6.71. The third-order valence-corrected chi connectivity index (χ3v) is 3.70. The lowest BCUT2D eigenvalue weighted by molar-refractivity contribution is 0.186. The molecule has 15 heavy (non-hydrogen) atoms. The maximum absolute atomic E-state index is 9.29. The van der Waals surface area contributed by atoms with E-state index in [1.807, 2.05) is 0 Å². The van der Waals surface area contributed by atoms with Gasteiger partial charge in [0.2, 0.25) is 0 Å². The molecule has 0 aromatic heterocycles. The van der Waals surface area contributed by atoms with Crippen LogP contribution < -0.4 is 5.73 Å². The van der Waals surface area contributed by atoms with E-state index in [2.05, 4.69) is 0 Å². The van der Waals surface area contributed by atoms with Gasteiger partial charge < -0.3 is 10.8 Å². The van der Waals surface area contributed by atoms with Crippen molar-refractivity contribution < 1.29 is 5.11 Å². The Morgan fingerprint density at radius 1 is 0.800 bits per heavy atom. The first kappa shape index (κ1) is 13.0. The van der Waals surface area contributed by atoms with Gasteiger partial charge in [-0.3, -0.25) is 0 Å². The van der Waals surface area contributed by atoms with E-state index in [1.165, 1.54) is 51.4 Å². The maximum atomic E-state index is 9.29. The van der Waals surface area contributed by atoms with E-state index in [0.29, 0.717) is 5.92 Å². The zero-order valence-corrected chi connectivity index (χ0v) is 9.96. The third-order valence-electron chi connectivity index (χ3n) is 3.70. The molecular weight excluding hydrogens is 186 g/mol. The Balaban J connectivity index is 2.30. The Morgan fingerprint density at radius 3 is 1.80 bits per heavy atom. The summed E-state index contributed by atoms with van der Waals surface area (Å²) in [5.74, 6) is 0.351. The van der Waals surface area contributed by atoms with Gasteiger partial charge in [0.15, 0.2) is 0 Å². The quantitative estimate of drug-likeness (QED) is 0.703. The van der Waals surface area contributed by atoms with E-state index >= 15 is 0 Å². The smallest absolute Gasteiger partial charge is 0.0474 e. The Labute approximate surface area is 94.2 Å². The summed E-state index contributed by atoms with van der Waals surface area (Å²) in [6, 6.07) is 0.231. The molecule has 0 aromatic carbocycles. The van der Waals surface area contributed by atoms with Crippen molar-refractivity contribution in [2.45, 2.75) is 70.3 Å². The lowest BCUT2D eigenvalue weighted by atomic mass is 9.90. The van der Waals surface area contributed by atoms with Crippen LogP contribution in [0.5, 0.6) is 0 Å². The van der Waals surface area contributed by atoms with Crippen molar-refractivity contribution in [3.8, 4) is 0 Å². The van der Waals surface area contributed by atoms with Gasteiger partial charge in [0.05, 0.1) is 0 Å². The van der Waals surface area contributed by atoms with E-state index in [9.17, 15) is 5.11 Å². The highest BCUT2D eigenvalue weighted by Gasteiger charge is 2.16. The molecule has 0 heterocycles. The monoisotopic (exact) mass is 213 g/mol. The number of hydrogen-bond acceptors (Lipinski definition) is 2. The predicted molar refractivity (Wildman–Crippen MR) is 64.7 cm³/mol. The Hall–Kier alpha value is -0.0800. The van der Waals surface area contributed by atoms with Crippen molar-refractivity contribution in [3.63, 3.8) is 0 Å². The molecule has 0 amide bonds. The normalized spacial score (nSPS) is 31.6. The molecule has 0 spiro atoms. The highest BCUT2D eigenvalue weighted by molar-refractivity contribution is 4.73. The van der Waals surface area contributed by atoms with Gasteiger partial charge in [-0.15, -0.1) is 0 Å². The second-order valence-corrected chi connectivity index (χ2v) is 5.01. The molecule has 1 aliphatic rings. The van der Waals surface area contributed by atoms with Gasteiger partial charge in [0.1, 0.15) is 0 Å². The van der Waals surface area contributed by atoms with Gasteiger partial charge >= 0.3 is 0 Å². The maximum Gasteiger partial charge on any atom is 0.0474 e. The van der Waals surface area contributed by atoms with Gasteiger partial charge in [-0.1, -0.05) is 51.4 Å². The summed E-state index contributed by atoms with van der Waals surface area (Å²) >= 11 is 0. The van der Waals surface area contributed by atoms with Crippen LogP contribution in [0.15, 0.2) is 0 Å². The molecule has 0 radical (unpaired) electrons. The van der Waals surface area contributed by atoms with Crippen LogP contribution in [0.4, 0.5) is 0 Å². The van der Waals surface area contributed by atoms with Gasteiger partial charge in [-0.2, -0.15) is 0 Å². The molecule has 3 N–H and O–H groups in total. The Kier molecular flexibility index (Phi) is 7.03. The topological polar surface area (TPSA) is 46.2 Å². The van der Waals surface area contributed by atoms with Crippen molar-refractivity contribution >= 4 is 0 Å². The predicted octanol–water partition coefficient (Wildman–Crippen LogP) is 2.84. The fourth-order valence-electron chi connectivity index (χ4n) is 2.52. The van der Waals surface area contributed by atoms with Crippen molar-refractivity contribution in [3.05, 3.63) is 0 Å². The van der Waals surface area contributed by atoms with Crippen molar-refractivity contribution in [2.24, 2.45) is 11.7 Å². The standard InChI is InChI=1S/C13H27NO/c14-13-10-8-6-4-2-1-3-5-7-9-12(13)11-15/h12-13,15H,1-11,14H2. The van der Waals surface area contributed by atoms with Crippen molar-refractivity contribution in [2.75, 3.05) is 6.61 Å². The summed E-state index contributed by atoms with van der Waals surface area (Å²) in [5, 5.41) is 9.29. The summed E-state index contributed by atoms with van der Waals surface area (Å²) < 4.78 is 0. The molecule has 1 aliphatic carbocycles. The summed E-state index contributed by atoms with van der Waals surface area (Å²) in [4.78, 5) is 0. The van der Waals surface area contributed by atoms with Crippen LogP contribution in [0, 0.1) is 5.92 Å². The molecule has 0 aliphatic heterocycles. The van der Waals surface area contributed by atoms with Gasteiger partial charge in [0.25, 0.3) is 0 Å². The molecule has 2 atom stereocenters. The van der Waals surface area contributed by atoms with E-state index in [1.54, 1.807) is 0 Å². The van der Waals surface area contributed by atoms with Crippen LogP contribution in [-0.4, -0.2) is 17.8 Å². The number of aliphatic hydroxyl groups excluding tert-OH is 1. The van der Waals surface area contributed by atoms with Crippen LogP contribution in [-0.2, 0) is 0 Å². The van der Waals surface area contributed by atoms with Crippen LogP contribution in [0.3, 0.4) is 0 Å². The van der Waals surface area contributed by atoms with Crippen LogP contribution >= 0.6 is 0 Å². The molecule has 2 unspecified atom stereocenters. The summed E-state index contributed by atoms with van der Waals surface area (Å²) in [7, 11) is 0. The average Bonchev–Trinajstić information content (AvgIpc) is 2.23. The Morgan fingerprint density at radius 2 is 1.27 bits per heavy atom. The molecule has 2 heteroatoms. The van der Waals surface area contributed by atoms with E-state index in [4.69, 9.17) is 5.73 Å². The molecule has 2 nitrogen and oxygen atoms in total. The molecule has 90 valence electrons. The molecule has 1 fully saturated rings. The summed E-state index contributed by atoms with van der Waals surface area (Å²) in [6.07, 6.45) is 12.9. The minimum absolute atomic E-state index is 0.231. The summed E-state index contributed by atoms with van der Waals surface area (Å²) in [5.41, 5.74) is 6.11. The first-order valence-electron chi connectivity index (χ1n) is 6.71. The zero-order chi connectivity index (χ0) is 10.9. The number of hydrogen-bond donors (Lipinski definition) is 2. The van der Waals surface area contributed by atoms with Crippen LogP contribution in [0.1, 0.15) is 64.2 Å². The van der Waals surface area contributed by atoms with Crippen molar-refractivity contribution in [1.82, 2.24) is 0 Å². The number of aliphatic hydroxyl groups is 1. The van der Waals surface area contributed by atoms with Crippen LogP contribution in [0.2, 0.25) is 0 Å². The number of rotatable bonds is 1. The van der Waals surface area contributed by atoms with E-state index < -0.39 is 0 Å². The van der Waals surface area contributed by atoms with Crippen LogP contribution in [0.25, 0.3) is 0 Å². The highest BCUT2D eigenvalue weighted by atomic mass is 16.3. The number of nitrogens with two attached hydrogens (primary N) is 1. The fraction of sp³-hybridized carbons (Fsp3) is 1.00. The SMILES string of the molecule is NC1CCCCCCCCCCC1CO. The molecule has 0 aromatic rings. The second kappa shape index (κ2) is 8.12. The third kappa shape index (κ3) is 5.53. The minimum atomic E-state index is 0.231. The average molecular weight is 213 g/mol. The molecule has 1 rings (SSSR count). The minimum Gasteiger partial charge on any atom is -0.396 e. The molecular formula is C13H27NO. The second-order valence-electron chi connectivity index (χ2n) is 5.01. The lowest BCUT2D eigenvalue weighted by Crippen LogP contribution is -2.32. The van der Waals surface area contributed by atoms with Crippen molar-refractivity contribution in [1.29, 1.82) is 0 Å². The fourth-order valence-corrected chi connectivity index (χ4v) is 2.52. The highest BCUT2D eigenvalue weighted by Crippen LogP contribution is 2.19. The zero-order valence-electron chi connectivity index (χ0n) is 9.96. The molecule has 0 bridgehead atoms. The van der Waals surface area contributed by atoms with E-state index in [-0.39, 0.29) is 12.6 Å². The van der Waals surface area contributed by atoms with Gasteiger partial charge in [0, 0.05) is 12.6 Å². The van der Waals surface area contributed by atoms with Gasteiger partial charge in [-0.25, -0.2) is 0 Å².